The van der Waals surface area contributed by atoms with E-state index < -0.39 is 0 Å². The van der Waals surface area contributed by atoms with Gasteiger partial charge in [-0.15, -0.1) is 0 Å². The Morgan fingerprint density at radius 1 is 1.03 bits per heavy atom. The van der Waals surface area contributed by atoms with E-state index in [4.69, 9.17) is 9.72 Å². The van der Waals surface area contributed by atoms with Gasteiger partial charge in [-0.1, -0.05) is 70.8 Å². The van der Waals surface area contributed by atoms with Crippen LogP contribution in [0.1, 0.15) is 19.3 Å². The molecule has 2 saturated heterocycles. The molecule has 5 nitrogen and oxygen atoms in total. The summed E-state index contributed by atoms with van der Waals surface area (Å²) in [4.78, 5) is 14.3. The highest BCUT2D eigenvalue weighted by Crippen LogP contribution is 2.44. The van der Waals surface area contributed by atoms with E-state index in [2.05, 4.69) is 79.3 Å². The molecule has 4 aromatic rings. The first-order chi connectivity index (χ1) is 15.2. The van der Waals surface area contributed by atoms with Crippen LogP contribution >= 0.6 is 34.4 Å². The molecule has 2 fully saturated rings. The van der Waals surface area contributed by atoms with E-state index in [1.54, 1.807) is 11.8 Å². The zero-order valence-electron chi connectivity index (χ0n) is 17.1. The second-order valence-corrected chi connectivity index (χ2v) is 11.0. The summed E-state index contributed by atoms with van der Waals surface area (Å²) in [6.07, 6.45) is 9.41. The van der Waals surface area contributed by atoms with Crippen LogP contribution in [0.3, 0.4) is 0 Å². The fourth-order valence-electron chi connectivity index (χ4n) is 4.85. The van der Waals surface area contributed by atoms with Crippen molar-refractivity contribution in [2.75, 3.05) is 24.6 Å². The van der Waals surface area contributed by atoms with Gasteiger partial charge in [-0.05, 0) is 36.1 Å². The Morgan fingerprint density at radius 3 is 2.71 bits per heavy atom. The maximum absolute atomic E-state index is 5.88. The van der Waals surface area contributed by atoms with Gasteiger partial charge in [0.25, 0.3) is 0 Å². The quantitative estimate of drug-likeness (QED) is 0.242. The number of alkyl halides is 1. The zero-order chi connectivity index (χ0) is 20.8. The molecule has 6 rings (SSSR count). The normalized spacial score (nSPS) is 20.8. The van der Waals surface area contributed by atoms with Crippen molar-refractivity contribution in [3.05, 3.63) is 61.1 Å². The molecule has 0 saturated carbocycles. The number of imidazole rings is 1. The molecule has 2 aliphatic heterocycles. The van der Waals surface area contributed by atoms with Gasteiger partial charge < -0.3 is 9.64 Å². The maximum Gasteiger partial charge on any atom is 0.211 e. The Morgan fingerprint density at radius 2 is 1.87 bits per heavy atom. The number of benzene rings is 2. The number of nitrogens with zero attached hydrogens (tertiary/aromatic N) is 4. The largest absolute Gasteiger partial charge is 0.367 e. The first kappa shape index (κ1) is 19.8. The second-order valence-electron chi connectivity index (χ2n) is 8.53. The van der Waals surface area contributed by atoms with E-state index in [9.17, 15) is 0 Å². The van der Waals surface area contributed by atoms with Crippen molar-refractivity contribution in [3.63, 3.8) is 0 Å². The summed E-state index contributed by atoms with van der Waals surface area (Å²) in [7, 11) is 0. The second kappa shape index (κ2) is 7.94. The topological polar surface area (TPSA) is 42.7 Å². The molecular formula is C24H23IN4OS. The standard InChI is InChI=1S/C24H23IN4OS/c25-21-14-24(16-30-21)8-11-28(12-9-24)23-27-15-20(22-26-10-13-29(22)23)31-19-7-3-5-17-4-1-2-6-18(17)19/h1-7,10,13,15,21H,8-9,11-12,14,16H2/t21-/m1/s1. The summed E-state index contributed by atoms with van der Waals surface area (Å²) in [5.41, 5.74) is 1.33. The lowest BCUT2D eigenvalue weighted by Crippen LogP contribution is -2.41. The molecule has 1 atom stereocenters. The van der Waals surface area contributed by atoms with Gasteiger partial charge >= 0.3 is 0 Å². The number of ether oxygens (including phenoxy) is 1. The van der Waals surface area contributed by atoms with E-state index in [1.165, 1.54) is 22.1 Å². The van der Waals surface area contributed by atoms with Gasteiger partial charge in [0, 0.05) is 42.0 Å². The van der Waals surface area contributed by atoms with Gasteiger partial charge in [0.05, 0.1) is 11.5 Å². The van der Waals surface area contributed by atoms with Crippen LogP contribution in [0.5, 0.6) is 0 Å². The fraction of sp³-hybridized carbons (Fsp3) is 0.333. The summed E-state index contributed by atoms with van der Waals surface area (Å²) in [5, 5.41) is 2.51. The van der Waals surface area contributed by atoms with Gasteiger partial charge in [0.2, 0.25) is 5.95 Å². The van der Waals surface area contributed by atoms with Gasteiger partial charge in [-0.25, -0.2) is 9.97 Å². The SMILES string of the molecule is I[C@H]1CC2(CCN(c3ncc(Sc4cccc5ccccc45)c4nccn34)CC2)CO1. The summed E-state index contributed by atoms with van der Waals surface area (Å²) >= 11 is 4.17. The fourth-order valence-corrected chi connectivity index (χ4v) is 6.99. The van der Waals surface area contributed by atoms with E-state index in [0.717, 1.165) is 49.0 Å². The van der Waals surface area contributed by atoms with Crippen molar-refractivity contribution >= 4 is 56.7 Å². The maximum atomic E-state index is 5.88. The molecule has 4 heterocycles. The highest BCUT2D eigenvalue weighted by Gasteiger charge is 2.42. The van der Waals surface area contributed by atoms with E-state index in [0.29, 0.717) is 9.53 Å². The molecule has 2 aromatic carbocycles. The van der Waals surface area contributed by atoms with Crippen molar-refractivity contribution < 1.29 is 4.74 Å². The number of halogens is 1. The molecule has 0 amide bonds. The van der Waals surface area contributed by atoms with Gasteiger partial charge in [-0.2, -0.15) is 0 Å². The Balaban J connectivity index is 1.29. The Kier molecular flexibility index (Phi) is 5.07. The monoisotopic (exact) mass is 542 g/mol. The minimum atomic E-state index is 0.362. The average Bonchev–Trinajstić information content (AvgIpc) is 3.43. The Bertz CT molecular complexity index is 1250. The van der Waals surface area contributed by atoms with Crippen LogP contribution in [-0.2, 0) is 4.74 Å². The predicted octanol–water partition coefficient (Wildman–Crippen LogP) is 5.80. The third-order valence-corrected chi connectivity index (χ3v) is 8.50. The van der Waals surface area contributed by atoms with E-state index >= 15 is 0 Å². The van der Waals surface area contributed by atoms with E-state index in [1.807, 2.05) is 18.6 Å². The zero-order valence-corrected chi connectivity index (χ0v) is 20.1. The van der Waals surface area contributed by atoms with Crippen LogP contribution in [0.4, 0.5) is 5.95 Å². The third kappa shape index (κ3) is 3.60. The Labute approximate surface area is 199 Å². The van der Waals surface area contributed by atoms with Crippen molar-refractivity contribution in [1.29, 1.82) is 0 Å². The molecule has 0 bridgehead atoms. The molecule has 2 aromatic heterocycles. The lowest BCUT2D eigenvalue weighted by atomic mass is 9.78. The van der Waals surface area contributed by atoms with Crippen molar-refractivity contribution in [2.45, 2.75) is 33.2 Å². The van der Waals surface area contributed by atoms with Crippen LogP contribution in [0.2, 0.25) is 0 Å². The summed E-state index contributed by atoms with van der Waals surface area (Å²) in [6, 6.07) is 15.0. The van der Waals surface area contributed by atoms with Crippen molar-refractivity contribution in [1.82, 2.24) is 14.4 Å². The molecule has 158 valence electrons. The predicted molar refractivity (Wildman–Crippen MR) is 133 cm³/mol. The minimum Gasteiger partial charge on any atom is -0.367 e. The number of hydrogen-bond donors (Lipinski definition) is 0. The van der Waals surface area contributed by atoms with Crippen LogP contribution in [0, 0.1) is 5.41 Å². The molecule has 0 unspecified atom stereocenters. The summed E-state index contributed by atoms with van der Waals surface area (Å²) in [5.74, 6) is 0.995. The van der Waals surface area contributed by atoms with Crippen molar-refractivity contribution in [2.24, 2.45) is 5.41 Å². The molecule has 7 heteroatoms. The summed E-state index contributed by atoms with van der Waals surface area (Å²) < 4.78 is 8.40. The highest BCUT2D eigenvalue weighted by molar-refractivity contribution is 14.1. The first-order valence-corrected chi connectivity index (χ1v) is 12.8. The molecular weight excluding hydrogens is 519 g/mol. The van der Waals surface area contributed by atoms with Crippen LogP contribution in [0.25, 0.3) is 16.4 Å². The molecule has 0 radical (unpaired) electrons. The Hall–Kier alpha value is -1.84. The number of piperidine rings is 1. The average molecular weight is 542 g/mol. The lowest BCUT2D eigenvalue weighted by molar-refractivity contribution is 0.128. The number of aromatic nitrogens is 3. The van der Waals surface area contributed by atoms with Crippen molar-refractivity contribution in [3.8, 4) is 0 Å². The lowest BCUT2D eigenvalue weighted by Gasteiger charge is -2.38. The van der Waals surface area contributed by atoms with Gasteiger partial charge in [-0.3, -0.25) is 4.40 Å². The minimum absolute atomic E-state index is 0.362. The molecule has 1 spiro atoms. The summed E-state index contributed by atoms with van der Waals surface area (Å²) in [6.45, 7) is 2.94. The van der Waals surface area contributed by atoms with Crippen LogP contribution < -0.4 is 4.90 Å². The van der Waals surface area contributed by atoms with E-state index in [-0.39, 0.29) is 0 Å². The van der Waals surface area contributed by atoms with Crippen LogP contribution in [-0.4, -0.2) is 38.2 Å². The van der Waals surface area contributed by atoms with Gasteiger partial charge in [0.1, 0.15) is 4.11 Å². The molecule has 0 N–H and O–H groups in total. The number of anilines is 1. The number of rotatable bonds is 3. The van der Waals surface area contributed by atoms with Gasteiger partial charge in [0.15, 0.2) is 5.65 Å². The third-order valence-electron chi connectivity index (χ3n) is 6.61. The number of hydrogen-bond acceptors (Lipinski definition) is 5. The number of fused-ring (bicyclic) bond motifs is 2. The smallest absolute Gasteiger partial charge is 0.211 e. The van der Waals surface area contributed by atoms with Crippen LogP contribution in [0.15, 0.2) is 70.8 Å². The molecule has 31 heavy (non-hydrogen) atoms. The highest BCUT2D eigenvalue weighted by atomic mass is 127. The molecule has 0 aliphatic carbocycles. The molecule has 2 aliphatic rings. The first-order valence-electron chi connectivity index (χ1n) is 10.7.